The predicted octanol–water partition coefficient (Wildman–Crippen LogP) is 3.77. The Morgan fingerprint density at radius 2 is 2.37 bits per heavy atom. The van der Waals surface area contributed by atoms with Gasteiger partial charge in [0.1, 0.15) is 10.9 Å². The van der Waals surface area contributed by atoms with Gasteiger partial charge in [-0.15, -0.1) is 0 Å². The van der Waals surface area contributed by atoms with Crippen LogP contribution in [0.15, 0.2) is 18.2 Å². The van der Waals surface area contributed by atoms with E-state index in [2.05, 4.69) is 27.8 Å². The maximum absolute atomic E-state index is 8.86. The molecule has 2 aromatic rings. The van der Waals surface area contributed by atoms with Crippen molar-refractivity contribution in [3.8, 4) is 6.07 Å². The monoisotopic (exact) mass is 290 g/mol. The summed E-state index contributed by atoms with van der Waals surface area (Å²) in [6, 6.07) is 8.20. The van der Waals surface area contributed by atoms with E-state index in [0.29, 0.717) is 10.0 Å². The normalized spacial score (nSPS) is 13.3. The molecule has 1 aliphatic heterocycles. The van der Waals surface area contributed by atoms with Crippen molar-refractivity contribution in [1.29, 1.82) is 5.26 Å². The van der Waals surface area contributed by atoms with Crippen LogP contribution in [-0.4, -0.2) is 11.5 Å². The molecule has 0 unspecified atom stereocenters. The molecule has 2 N–H and O–H groups in total. The summed E-state index contributed by atoms with van der Waals surface area (Å²) in [4.78, 5) is 4.56. The Bertz CT molecular complexity index is 659. The van der Waals surface area contributed by atoms with E-state index in [1.54, 1.807) is 0 Å². The van der Waals surface area contributed by atoms with Gasteiger partial charge in [0.25, 0.3) is 0 Å². The summed E-state index contributed by atoms with van der Waals surface area (Å²) in [5, 5.41) is 16.3. The molecule has 0 fully saturated rings. The van der Waals surface area contributed by atoms with E-state index in [4.69, 9.17) is 16.9 Å². The van der Waals surface area contributed by atoms with Crippen LogP contribution in [0.1, 0.15) is 16.9 Å². The van der Waals surface area contributed by atoms with Crippen molar-refractivity contribution in [1.82, 2.24) is 4.98 Å². The maximum atomic E-state index is 8.86. The van der Waals surface area contributed by atoms with Gasteiger partial charge in [0.05, 0.1) is 0 Å². The number of rotatable bonds is 2. The molecule has 3 rings (SSSR count). The number of aromatic nitrogens is 1. The van der Waals surface area contributed by atoms with Gasteiger partial charge in [-0.05, 0) is 36.6 Å². The number of nitrogens with one attached hydrogen (secondary N) is 2. The first-order valence-corrected chi connectivity index (χ1v) is 7.16. The number of hydrogen-bond donors (Lipinski definition) is 2. The van der Waals surface area contributed by atoms with Gasteiger partial charge in [-0.3, -0.25) is 0 Å². The molecule has 1 aliphatic rings. The first kappa shape index (κ1) is 12.3. The fourth-order valence-electron chi connectivity index (χ4n) is 2.10. The lowest BCUT2D eigenvalue weighted by atomic mass is 10.0. The van der Waals surface area contributed by atoms with Crippen LogP contribution in [0.5, 0.6) is 0 Å². The molecule has 0 atom stereocenters. The average Bonchev–Trinajstić information content (AvgIpc) is 2.78. The second-order valence-electron chi connectivity index (χ2n) is 4.28. The van der Waals surface area contributed by atoms with Gasteiger partial charge < -0.3 is 10.6 Å². The summed E-state index contributed by atoms with van der Waals surface area (Å²) >= 11 is 7.11. The highest BCUT2D eigenvalue weighted by atomic mass is 35.5. The van der Waals surface area contributed by atoms with Crippen molar-refractivity contribution >= 4 is 39.4 Å². The zero-order chi connectivity index (χ0) is 13.2. The largest absolute Gasteiger partial charge is 0.385 e. The molecular formula is C13H11ClN4S. The third-order valence-corrected chi connectivity index (χ3v) is 4.24. The number of hydrogen-bond acceptors (Lipinski definition) is 5. The number of halogens is 1. The van der Waals surface area contributed by atoms with E-state index >= 15 is 0 Å². The van der Waals surface area contributed by atoms with Crippen molar-refractivity contribution in [2.24, 2.45) is 0 Å². The summed E-state index contributed by atoms with van der Waals surface area (Å²) in [6.07, 6.45) is 2.23. The minimum Gasteiger partial charge on any atom is -0.385 e. The summed E-state index contributed by atoms with van der Waals surface area (Å²) in [7, 11) is 0. The van der Waals surface area contributed by atoms with Crippen LogP contribution in [0.3, 0.4) is 0 Å². The highest BCUT2D eigenvalue weighted by Gasteiger charge is 2.11. The Labute approximate surface area is 120 Å². The first-order valence-electron chi connectivity index (χ1n) is 5.96. The van der Waals surface area contributed by atoms with Crippen molar-refractivity contribution in [3.63, 3.8) is 0 Å². The van der Waals surface area contributed by atoms with Crippen LogP contribution < -0.4 is 10.6 Å². The van der Waals surface area contributed by atoms with Crippen LogP contribution in [0.4, 0.5) is 16.5 Å². The zero-order valence-electron chi connectivity index (χ0n) is 10.0. The summed E-state index contributed by atoms with van der Waals surface area (Å²) < 4.78 is 0. The van der Waals surface area contributed by atoms with Crippen LogP contribution in [-0.2, 0) is 6.42 Å². The molecule has 1 aromatic heterocycles. The molecule has 0 spiro atoms. The molecule has 2 heterocycles. The quantitative estimate of drug-likeness (QED) is 0.884. The van der Waals surface area contributed by atoms with Crippen LogP contribution in [0.2, 0.25) is 5.15 Å². The third kappa shape index (κ3) is 2.50. The first-order chi connectivity index (χ1) is 9.26. The zero-order valence-corrected chi connectivity index (χ0v) is 11.6. The van der Waals surface area contributed by atoms with Gasteiger partial charge in [-0.2, -0.15) is 5.26 Å². The Morgan fingerprint density at radius 3 is 3.16 bits per heavy atom. The Morgan fingerprint density at radius 1 is 1.47 bits per heavy atom. The van der Waals surface area contributed by atoms with Crippen molar-refractivity contribution in [2.75, 3.05) is 17.2 Å². The van der Waals surface area contributed by atoms with E-state index in [-0.39, 0.29) is 5.15 Å². The molecule has 0 saturated heterocycles. The Kier molecular flexibility index (Phi) is 3.28. The average molecular weight is 291 g/mol. The second-order valence-corrected chi connectivity index (χ2v) is 5.64. The molecule has 6 heteroatoms. The standard InChI is InChI=1S/C13H11ClN4S/c14-12-11(7-15)19-13(18-12)17-9-3-4-10-8(6-9)2-1-5-16-10/h3-4,6,16H,1-2,5H2,(H,17,18). The number of anilines is 3. The van der Waals surface area contributed by atoms with E-state index in [1.807, 2.05) is 12.1 Å². The molecule has 4 nitrogen and oxygen atoms in total. The fraction of sp³-hybridized carbons (Fsp3) is 0.231. The van der Waals surface area contributed by atoms with E-state index in [1.165, 1.54) is 22.6 Å². The molecule has 1 aromatic carbocycles. The molecular weight excluding hydrogens is 280 g/mol. The number of fused-ring (bicyclic) bond motifs is 1. The molecule has 0 saturated carbocycles. The van der Waals surface area contributed by atoms with Crippen LogP contribution in [0, 0.1) is 11.3 Å². The van der Waals surface area contributed by atoms with Gasteiger partial charge in [0.2, 0.25) is 0 Å². The van der Waals surface area contributed by atoms with Crippen molar-refractivity contribution < 1.29 is 0 Å². The molecule has 0 amide bonds. The van der Waals surface area contributed by atoms with Gasteiger partial charge in [0.15, 0.2) is 10.3 Å². The van der Waals surface area contributed by atoms with Crippen molar-refractivity contribution in [3.05, 3.63) is 33.8 Å². The number of nitriles is 1. The fourth-order valence-corrected chi connectivity index (χ4v) is 3.07. The van der Waals surface area contributed by atoms with Crippen LogP contribution in [0.25, 0.3) is 0 Å². The lowest BCUT2D eigenvalue weighted by Crippen LogP contribution is -2.11. The summed E-state index contributed by atoms with van der Waals surface area (Å²) in [6.45, 7) is 1.04. The minimum absolute atomic E-state index is 0.259. The number of nitrogens with zero attached hydrogens (tertiary/aromatic N) is 2. The van der Waals surface area contributed by atoms with Gasteiger partial charge >= 0.3 is 0 Å². The molecule has 96 valence electrons. The Balaban J connectivity index is 1.85. The van der Waals surface area contributed by atoms with Gasteiger partial charge in [-0.25, -0.2) is 4.98 Å². The third-order valence-electron chi connectivity index (χ3n) is 2.98. The lowest BCUT2D eigenvalue weighted by Gasteiger charge is -2.18. The lowest BCUT2D eigenvalue weighted by molar-refractivity contribution is 0.830. The second kappa shape index (κ2) is 5.08. The number of aryl methyl sites for hydroxylation is 1. The topological polar surface area (TPSA) is 60.7 Å². The predicted molar refractivity (Wildman–Crippen MR) is 78.4 cm³/mol. The van der Waals surface area contributed by atoms with Crippen molar-refractivity contribution in [2.45, 2.75) is 12.8 Å². The Hall–Kier alpha value is -1.77. The number of thiazole rings is 1. The van der Waals surface area contributed by atoms with Crippen LogP contribution >= 0.6 is 22.9 Å². The highest BCUT2D eigenvalue weighted by molar-refractivity contribution is 7.16. The smallest absolute Gasteiger partial charge is 0.189 e. The summed E-state index contributed by atoms with van der Waals surface area (Å²) in [5.41, 5.74) is 3.48. The number of benzene rings is 1. The molecule has 0 aliphatic carbocycles. The van der Waals surface area contributed by atoms with Gasteiger partial charge in [0, 0.05) is 17.9 Å². The molecule has 0 radical (unpaired) electrons. The SMILES string of the molecule is N#Cc1sc(Nc2ccc3c(c2)CCCN3)nc1Cl. The molecule has 19 heavy (non-hydrogen) atoms. The highest BCUT2D eigenvalue weighted by Crippen LogP contribution is 2.30. The summed E-state index contributed by atoms with van der Waals surface area (Å²) in [5.74, 6) is 0. The van der Waals surface area contributed by atoms with E-state index in [0.717, 1.165) is 25.1 Å². The van der Waals surface area contributed by atoms with Gasteiger partial charge in [-0.1, -0.05) is 22.9 Å². The maximum Gasteiger partial charge on any atom is 0.189 e. The minimum atomic E-state index is 0.259. The van der Waals surface area contributed by atoms with E-state index in [9.17, 15) is 0 Å². The molecule has 0 bridgehead atoms. The van der Waals surface area contributed by atoms with E-state index < -0.39 is 0 Å².